The van der Waals surface area contributed by atoms with Crippen molar-refractivity contribution >= 4 is 17.5 Å². The Hall–Kier alpha value is -1.88. The van der Waals surface area contributed by atoms with Gasteiger partial charge in [-0.2, -0.15) is 0 Å². The molecule has 1 aliphatic heterocycles. The maximum absolute atomic E-state index is 12.6. The van der Waals surface area contributed by atoms with E-state index in [0.717, 1.165) is 29.9 Å². The van der Waals surface area contributed by atoms with Crippen LogP contribution in [0.1, 0.15) is 38.3 Å². The number of nitrogens with zero attached hydrogens (tertiary/aromatic N) is 2. The van der Waals surface area contributed by atoms with Crippen molar-refractivity contribution in [2.24, 2.45) is 5.92 Å². The predicted octanol–water partition coefficient (Wildman–Crippen LogP) is 2.82. The van der Waals surface area contributed by atoms with Crippen LogP contribution >= 0.6 is 0 Å². The Morgan fingerprint density at radius 2 is 1.72 bits per heavy atom. The second kappa shape index (κ2) is 8.48. The Labute approximate surface area is 151 Å². The fourth-order valence-corrected chi connectivity index (χ4v) is 3.11. The highest BCUT2D eigenvalue weighted by Crippen LogP contribution is 2.18. The van der Waals surface area contributed by atoms with Gasteiger partial charge in [0.25, 0.3) is 0 Å². The highest BCUT2D eigenvalue weighted by molar-refractivity contribution is 5.95. The molecule has 1 aromatic carbocycles. The van der Waals surface area contributed by atoms with E-state index < -0.39 is 0 Å². The van der Waals surface area contributed by atoms with E-state index in [9.17, 15) is 9.59 Å². The summed E-state index contributed by atoms with van der Waals surface area (Å²) in [6, 6.07) is 5.86. The van der Waals surface area contributed by atoms with Crippen molar-refractivity contribution in [2.45, 2.75) is 47.1 Å². The number of carbonyl (C=O) groups excluding carboxylic acids is 2. The molecule has 1 heterocycles. The fourth-order valence-electron chi connectivity index (χ4n) is 3.11. The standard InChI is InChI=1S/C20H31N3O2/c1-14(2)12-19(24)23-10-8-22(9-11-23)17(5)20(25)21-18-13-15(3)6-7-16(18)4/h6-7,13-14,17H,8-12H2,1-5H3,(H,21,25). The number of amides is 2. The minimum atomic E-state index is -0.206. The van der Waals surface area contributed by atoms with E-state index in [4.69, 9.17) is 0 Å². The topological polar surface area (TPSA) is 52.7 Å². The molecule has 1 aliphatic rings. The van der Waals surface area contributed by atoms with Gasteiger partial charge in [-0.3, -0.25) is 14.5 Å². The summed E-state index contributed by atoms with van der Waals surface area (Å²) < 4.78 is 0. The van der Waals surface area contributed by atoms with Crippen LogP contribution in [0.15, 0.2) is 18.2 Å². The van der Waals surface area contributed by atoms with Crippen LogP contribution in [0.5, 0.6) is 0 Å². The first kappa shape index (κ1) is 19.4. The van der Waals surface area contributed by atoms with Crippen molar-refractivity contribution < 1.29 is 9.59 Å². The second-order valence-corrected chi connectivity index (χ2v) is 7.50. The molecule has 0 aromatic heterocycles. The van der Waals surface area contributed by atoms with Crippen LogP contribution in [0, 0.1) is 19.8 Å². The minimum Gasteiger partial charge on any atom is -0.340 e. The van der Waals surface area contributed by atoms with Gasteiger partial charge in [-0.25, -0.2) is 0 Å². The van der Waals surface area contributed by atoms with E-state index in [-0.39, 0.29) is 17.9 Å². The fraction of sp³-hybridized carbons (Fsp3) is 0.600. The van der Waals surface area contributed by atoms with Crippen LogP contribution in [-0.4, -0.2) is 53.8 Å². The molecule has 138 valence electrons. The average Bonchev–Trinajstić information content (AvgIpc) is 2.57. The largest absolute Gasteiger partial charge is 0.340 e. The van der Waals surface area contributed by atoms with E-state index in [1.54, 1.807) is 0 Å². The summed E-state index contributed by atoms with van der Waals surface area (Å²) >= 11 is 0. The van der Waals surface area contributed by atoms with Gasteiger partial charge in [-0.15, -0.1) is 0 Å². The third-order valence-corrected chi connectivity index (χ3v) is 4.83. The van der Waals surface area contributed by atoms with E-state index in [1.807, 2.05) is 43.9 Å². The molecule has 0 aliphatic carbocycles. The zero-order chi connectivity index (χ0) is 18.6. The number of anilines is 1. The number of carbonyl (C=O) groups is 2. The average molecular weight is 345 g/mol. The smallest absolute Gasteiger partial charge is 0.241 e. The van der Waals surface area contributed by atoms with Crippen molar-refractivity contribution in [3.63, 3.8) is 0 Å². The molecule has 0 radical (unpaired) electrons. The minimum absolute atomic E-state index is 0.00987. The maximum atomic E-state index is 12.6. The van der Waals surface area contributed by atoms with Gasteiger partial charge in [-0.1, -0.05) is 26.0 Å². The summed E-state index contributed by atoms with van der Waals surface area (Å²) in [5.41, 5.74) is 3.07. The van der Waals surface area contributed by atoms with Gasteiger partial charge in [0.2, 0.25) is 11.8 Å². The van der Waals surface area contributed by atoms with Crippen molar-refractivity contribution in [1.29, 1.82) is 0 Å². The number of aryl methyl sites for hydroxylation is 2. The molecule has 0 bridgehead atoms. The van der Waals surface area contributed by atoms with Crippen LogP contribution in [0.2, 0.25) is 0 Å². The van der Waals surface area contributed by atoms with Crippen molar-refractivity contribution in [3.05, 3.63) is 29.3 Å². The second-order valence-electron chi connectivity index (χ2n) is 7.50. The maximum Gasteiger partial charge on any atom is 0.241 e. The summed E-state index contributed by atoms with van der Waals surface area (Å²) in [5.74, 6) is 0.616. The molecule has 0 saturated carbocycles. The lowest BCUT2D eigenvalue weighted by Gasteiger charge is -2.37. The Morgan fingerprint density at radius 1 is 1.08 bits per heavy atom. The molecule has 1 unspecified atom stereocenters. The Kier molecular flexibility index (Phi) is 6.59. The van der Waals surface area contributed by atoms with Crippen molar-refractivity contribution in [1.82, 2.24) is 9.80 Å². The lowest BCUT2D eigenvalue weighted by atomic mass is 10.1. The van der Waals surface area contributed by atoms with Crippen LogP contribution in [0.3, 0.4) is 0 Å². The van der Waals surface area contributed by atoms with Gasteiger partial charge >= 0.3 is 0 Å². The lowest BCUT2D eigenvalue weighted by molar-refractivity contribution is -0.134. The Morgan fingerprint density at radius 3 is 2.32 bits per heavy atom. The third-order valence-electron chi connectivity index (χ3n) is 4.83. The van der Waals surface area contributed by atoms with Crippen LogP contribution in [0.4, 0.5) is 5.69 Å². The molecule has 25 heavy (non-hydrogen) atoms. The number of hydrogen-bond acceptors (Lipinski definition) is 3. The number of piperazine rings is 1. The molecule has 5 nitrogen and oxygen atoms in total. The molecule has 1 atom stereocenters. The van der Waals surface area contributed by atoms with Gasteiger partial charge in [0.1, 0.15) is 0 Å². The first-order valence-electron chi connectivity index (χ1n) is 9.18. The molecule has 1 N–H and O–H groups in total. The van der Waals surface area contributed by atoms with Crippen LogP contribution < -0.4 is 5.32 Å². The van der Waals surface area contributed by atoms with Crippen LogP contribution in [0.25, 0.3) is 0 Å². The third kappa shape index (κ3) is 5.30. The van der Waals surface area contributed by atoms with E-state index in [1.165, 1.54) is 0 Å². The summed E-state index contributed by atoms with van der Waals surface area (Å²) in [6.45, 7) is 13.0. The summed E-state index contributed by atoms with van der Waals surface area (Å²) in [4.78, 5) is 28.8. The highest BCUT2D eigenvalue weighted by atomic mass is 16.2. The molecule has 1 fully saturated rings. The molecular weight excluding hydrogens is 314 g/mol. The molecule has 0 spiro atoms. The molecular formula is C20H31N3O2. The number of nitrogens with one attached hydrogen (secondary N) is 1. The lowest BCUT2D eigenvalue weighted by Crippen LogP contribution is -2.54. The predicted molar refractivity (Wildman–Crippen MR) is 102 cm³/mol. The van der Waals surface area contributed by atoms with E-state index in [0.29, 0.717) is 25.4 Å². The highest BCUT2D eigenvalue weighted by Gasteiger charge is 2.27. The molecule has 2 amide bonds. The van der Waals surface area contributed by atoms with Crippen LogP contribution in [-0.2, 0) is 9.59 Å². The van der Waals surface area contributed by atoms with Gasteiger partial charge in [0.15, 0.2) is 0 Å². The first-order valence-corrected chi connectivity index (χ1v) is 9.18. The van der Waals surface area contributed by atoms with Gasteiger partial charge in [-0.05, 0) is 43.9 Å². The number of rotatable bonds is 5. The summed E-state index contributed by atoms with van der Waals surface area (Å²) in [5, 5.41) is 3.05. The molecule has 1 aromatic rings. The number of benzene rings is 1. The molecule has 1 saturated heterocycles. The normalized spacial score (nSPS) is 16.8. The monoisotopic (exact) mass is 345 g/mol. The van der Waals surface area contributed by atoms with Gasteiger partial charge in [0, 0.05) is 38.3 Å². The SMILES string of the molecule is Cc1ccc(C)c(NC(=O)C(C)N2CCN(C(=O)CC(C)C)CC2)c1. The Bertz CT molecular complexity index is 619. The summed E-state index contributed by atoms with van der Waals surface area (Å²) in [6.07, 6.45) is 0.600. The van der Waals surface area contributed by atoms with Gasteiger partial charge < -0.3 is 10.2 Å². The first-order chi connectivity index (χ1) is 11.8. The molecule has 2 rings (SSSR count). The van der Waals surface area contributed by atoms with Crippen molar-refractivity contribution in [3.8, 4) is 0 Å². The Balaban J connectivity index is 1.89. The summed E-state index contributed by atoms with van der Waals surface area (Å²) in [7, 11) is 0. The quantitative estimate of drug-likeness (QED) is 0.893. The van der Waals surface area contributed by atoms with Gasteiger partial charge in [0.05, 0.1) is 6.04 Å². The van der Waals surface area contributed by atoms with E-state index in [2.05, 4.69) is 24.1 Å². The van der Waals surface area contributed by atoms with Crippen molar-refractivity contribution in [2.75, 3.05) is 31.5 Å². The zero-order valence-electron chi connectivity index (χ0n) is 16.1. The zero-order valence-corrected chi connectivity index (χ0v) is 16.1. The van der Waals surface area contributed by atoms with E-state index >= 15 is 0 Å². The number of hydrogen-bond donors (Lipinski definition) is 1. The molecule has 5 heteroatoms.